The molecule has 6 atom stereocenters. The Kier molecular flexibility index (Phi) is 10.3. The first kappa shape index (κ1) is 34.4. The minimum atomic E-state index is -1.75. The van der Waals surface area contributed by atoms with Crippen LogP contribution in [0.5, 0.6) is 5.75 Å². The van der Waals surface area contributed by atoms with E-state index in [1.807, 2.05) is 0 Å². The smallest absolute Gasteiger partial charge is 0.464 e. The summed E-state index contributed by atoms with van der Waals surface area (Å²) in [5.41, 5.74) is -2.80. The van der Waals surface area contributed by atoms with Crippen molar-refractivity contribution in [2.24, 2.45) is 17.8 Å². The van der Waals surface area contributed by atoms with Gasteiger partial charge in [-0.2, -0.15) is 0 Å². The van der Waals surface area contributed by atoms with E-state index in [9.17, 15) is 29.1 Å². The number of carbonyl (C=O) groups is 5. The van der Waals surface area contributed by atoms with Gasteiger partial charge in [0.15, 0.2) is 0 Å². The van der Waals surface area contributed by atoms with Crippen molar-refractivity contribution in [2.45, 2.75) is 90.2 Å². The number of hydrogen-bond acceptors (Lipinski definition) is 11. The third-order valence-corrected chi connectivity index (χ3v) is 7.04. The highest BCUT2D eigenvalue weighted by Crippen LogP contribution is 2.63. The van der Waals surface area contributed by atoms with Crippen molar-refractivity contribution in [1.29, 1.82) is 0 Å². The topological polar surface area (TPSA) is 176 Å². The minimum Gasteiger partial charge on any atom is -0.464 e. The molecule has 1 aromatic rings. The lowest BCUT2D eigenvalue weighted by molar-refractivity contribution is -0.156. The molecule has 244 valence electrons. The van der Waals surface area contributed by atoms with Crippen molar-refractivity contribution in [1.82, 2.24) is 10.6 Å². The quantitative estimate of drug-likeness (QED) is 0.151. The summed E-state index contributed by atoms with van der Waals surface area (Å²) < 4.78 is 25.9. The number of fused-ring (bicyclic) bond motifs is 1. The zero-order valence-electron chi connectivity index (χ0n) is 26.1. The first-order chi connectivity index (χ1) is 20.4. The number of aliphatic hydroxyl groups is 1. The molecule has 1 aromatic carbocycles. The molecule has 13 nitrogen and oxygen atoms in total. The van der Waals surface area contributed by atoms with E-state index >= 15 is 0 Å². The summed E-state index contributed by atoms with van der Waals surface area (Å²) in [6, 6.07) is 4.92. The van der Waals surface area contributed by atoms with Gasteiger partial charge in [0.1, 0.15) is 28.5 Å². The molecule has 0 saturated heterocycles. The number of nitrogens with one attached hydrogen (secondary N) is 2. The first-order valence-corrected chi connectivity index (χ1v) is 14.4. The standard InChI is InChI=1S/C31H42N2O11.H2/c1-9-40-25(36)22-21-20(34)16-31(23(21)22,26(37)41-10-2)33-24(35)19(32-27(38)43-29(3,4)5)15-17-11-13-18(14-12-17)42-28(39)44-30(6,7)8;/h9,11-14,19-23,34H,1,10,15-16H2,2-8H3,(H,32,38)(H,33,35);1H/t19?,20-,21-,22-,23-,31+;/m0./s1. The number of alkyl carbamates (subject to hydrolysis) is 1. The molecule has 3 N–H and O–H groups in total. The number of carbonyl (C=O) groups excluding carboxylic acids is 5. The third kappa shape index (κ3) is 8.49. The lowest BCUT2D eigenvalue weighted by Crippen LogP contribution is -2.62. The number of esters is 2. The Labute approximate surface area is 258 Å². The van der Waals surface area contributed by atoms with Crippen molar-refractivity contribution in [3.63, 3.8) is 0 Å². The number of amides is 2. The van der Waals surface area contributed by atoms with Crippen LogP contribution >= 0.6 is 0 Å². The lowest BCUT2D eigenvalue weighted by atomic mass is 9.88. The summed E-state index contributed by atoms with van der Waals surface area (Å²) in [5, 5.41) is 16.0. The molecular formula is C31H44N2O11. The van der Waals surface area contributed by atoms with Crippen LogP contribution in [0.15, 0.2) is 37.1 Å². The van der Waals surface area contributed by atoms with E-state index in [1.165, 1.54) is 12.1 Å². The molecule has 2 aliphatic carbocycles. The molecular weight excluding hydrogens is 576 g/mol. The monoisotopic (exact) mass is 620 g/mol. The number of benzene rings is 1. The summed E-state index contributed by atoms with van der Waals surface area (Å²) in [6.07, 6.45) is -2.16. The predicted octanol–water partition coefficient (Wildman–Crippen LogP) is 3.41. The first-order valence-electron chi connectivity index (χ1n) is 14.4. The highest BCUT2D eigenvalue weighted by molar-refractivity contribution is 5.94. The fourth-order valence-corrected chi connectivity index (χ4v) is 5.44. The van der Waals surface area contributed by atoms with Crippen molar-refractivity contribution in [3.05, 3.63) is 42.7 Å². The Morgan fingerprint density at radius 2 is 1.68 bits per heavy atom. The number of hydrogen-bond donors (Lipinski definition) is 3. The number of aliphatic hydroxyl groups excluding tert-OH is 1. The van der Waals surface area contributed by atoms with Gasteiger partial charge in [-0.05, 0) is 66.2 Å². The molecule has 0 spiro atoms. The van der Waals surface area contributed by atoms with Crippen LogP contribution in [-0.2, 0) is 39.8 Å². The van der Waals surface area contributed by atoms with Crippen LogP contribution in [0.3, 0.4) is 0 Å². The van der Waals surface area contributed by atoms with Gasteiger partial charge < -0.3 is 39.4 Å². The van der Waals surface area contributed by atoms with E-state index in [4.69, 9.17) is 23.7 Å². The van der Waals surface area contributed by atoms with Gasteiger partial charge in [-0.3, -0.25) is 9.59 Å². The summed E-state index contributed by atoms with van der Waals surface area (Å²) in [5.74, 6) is -4.36. The number of rotatable bonds is 10. The highest BCUT2D eigenvalue weighted by Gasteiger charge is 2.76. The maximum absolute atomic E-state index is 13.8. The van der Waals surface area contributed by atoms with Gasteiger partial charge >= 0.3 is 24.2 Å². The molecule has 2 fully saturated rings. The Balaban J connectivity index is 0.00000705. The lowest BCUT2D eigenvalue weighted by Gasteiger charge is -2.33. The average molecular weight is 621 g/mol. The Hall–Kier alpha value is -4.13. The summed E-state index contributed by atoms with van der Waals surface area (Å²) >= 11 is 0. The maximum Gasteiger partial charge on any atom is 0.514 e. The molecule has 0 aliphatic heterocycles. The van der Waals surface area contributed by atoms with Crippen LogP contribution in [0, 0.1) is 17.8 Å². The van der Waals surface area contributed by atoms with Gasteiger partial charge in [0, 0.05) is 26.1 Å². The van der Waals surface area contributed by atoms with E-state index in [0.29, 0.717) is 5.56 Å². The molecule has 2 aliphatic rings. The fraction of sp³-hybridized carbons (Fsp3) is 0.581. The van der Waals surface area contributed by atoms with Crippen LogP contribution in [0.2, 0.25) is 0 Å². The fourth-order valence-electron chi connectivity index (χ4n) is 5.44. The van der Waals surface area contributed by atoms with Gasteiger partial charge in [-0.15, -0.1) is 0 Å². The van der Waals surface area contributed by atoms with E-state index in [-0.39, 0.29) is 26.6 Å². The maximum atomic E-state index is 13.8. The zero-order valence-corrected chi connectivity index (χ0v) is 26.1. The second-order valence-corrected chi connectivity index (χ2v) is 12.8. The third-order valence-electron chi connectivity index (χ3n) is 7.04. The second-order valence-electron chi connectivity index (χ2n) is 12.8. The van der Waals surface area contributed by atoms with Gasteiger partial charge in [0.05, 0.1) is 24.9 Å². The molecule has 3 rings (SSSR count). The Morgan fingerprint density at radius 3 is 2.23 bits per heavy atom. The second kappa shape index (κ2) is 13.2. The SMILES string of the molecule is C=COC(=O)[C@H]1[C@H]2[C@@H]1[C@@](NC(=O)C(Cc1ccc(OC(=O)OC(C)(C)C)cc1)NC(=O)OC(C)(C)C)(C(=O)OCC)C[C@@H]2O.[HH]. The van der Waals surface area contributed by atoms with E-state index in [0.717, 1.165) is 6.26 Å². The van der Waals surface area contributed by atoms with Crippen LogP contribution in [0.1, 0.15) is 61.9 Å². The van der Waals surface area contributed by atoms with Gasteiger partial charge in [0.25, 0.3) is 0 Å². The van der Waals surface area contributed by atoms with E-state index < -0.39 is 76.7 Å². The van der Waals surface area contributed by atoms with Gasteiger partial charge in [-0.25, -0.2) is 14.4 Å². The normalized spacial score (nSPS) is 24.5. The molecule has 0 bridgehead atoms. The molecule has 2 amide bonds. The molecule has 0 aromatic heterocycles. The van der Waals surface area contributed by atoms with E-state index in [2.05, 4.69) is 17.2 Å². The van der Waals surface area contributed by atoms with Crippen LogP contribution in [0.4, 0.5) is 9.59 Å². The van der Waals surface area contributed by atoms with Gasteiger partial charge in [0.2, 0.25) is 5.91 Å². The predicted molar refractivity (Wildman–Crippen MR) is 157 cm³/mol. The van der Waals surface area contributed by atoms with Crippen LogP contribution in [-0.4, -0.2) is 70.7 Å². The molecule has 0 heterocycles. The Morgan fingerprint density at radius 1 is 1.07 bits per heavy atom. The largest absolute Gasteiger partial charge is 0.514 e. The molecule has 2 saturated carbocycles. The highest BCUT2D eigenvalue weighted by atomic mass is 16.7. The van der Waals surface area contributed by atoms with Gasteiger partial charge in [-0.1, -0.05) is 18.7 Å². The Bertz CT molecular complexity index is 1270. The molecule has 44 heavy (non-hydrogen) atoms. The zero-order chi connectivity index (χ0) is 33.0. The van der Waals surface area contributed by atoms with Crippen LogP contribution in [0.25, 0.3) is 0 Å². The van der Waals surface area contributed by atoms with Crippen molar-refractivity contribution in [3.8, 4) is 5.75 Å². The summed E-state index contributed by atoms with van der Waals surface area (Å²) in [6.45, 7) is 15.1. The minimum absolute atomic E-state index is 0. The van der Waals surface area contributed by atoms with Crippen LogP contribution < -0.4 is 15.4 Å². The summed E-state index contributed by atoms with van der Waals surface area (Å²) in [7, 11) is 0. The summed E-state index contributed by atoms with van der Waals surface area (Å²) in [4.78, 5) is 64.5. The van der Waals surface area contributed by atoms with Crippen molar-refractivity contribution >= 4 is 30.1 Å². The van der Waals surface area contributed by atoms with E-state index in [1.54, 1.807) is 60.6 Å². The molecule has 13 heteroatoms. The number of ether oxygens (including phenoxy) is 5. The van der Waals surface area contributed by atoms with Crippen molar-refractivity contribution in [2.75, 3.05) is 6.61 Å². The molecule has 0 radical (unpaired) electrons. The van der Waals surface area contributed by atoms with Crippen molar-refractivity contribution < 1.29 is 54.2 Å². The average Bonchev–Trinajstić information content (AvgIpc) is 3.57. The molecule has 1 unspecified atom stereocenters.